The van der Waals surface area contributed by atoms with Crippen LogP contribution in [0.25, 0.3) is 0 Å². The van der Waals surface area contributed by atoms with Gasteiger partial charge in [-0.05, 0) is 43.1 Å². The molecule has 8 nitrogen and oxygen atoms in total. The average Bonchev–Trinajstić information content (AvgIpc) is 3.38. The minimum Gasteiger partial charge on any atom is -1.00 e. The summed E-state index contributed by atoms with van der Waals surface area (Å²) in [5.74, 6) is -1.61. The number of esters is 1. The monoisotopic (exact) mass is 605 g/mol. The van der Waals surface area contributed by atoms with Crippen LogP contribution < -0.4 is 0 Å². The van der Waals surface area contributed by atoms with E-state index in [1.165, 1.54) is 16.9 Å². The number of nitrogens with zero attached hydrogens (tertiary/aromatic N) is 1. The first-order valence-electron chi connectivity index (χ1n) is 14.6. The SMILES string of the molecule is CCC(=O)OC(O[P@](=O)(CCCCc1ccccc1)CC(=O)N1C[C@H](C2CCCCC2)C[C@H]1C(=O)O)C(C)C.[Ca+2].[H-].[H-]. The smallest absolute Gasteiger partial charge is 1.00 e. The van der Waals surface area contributed by atoms with Crippen molar-refractivity contribution in [1.82, 2.24) is 4.90 Å². The Bertz CT molecular complexity index is 1010. The van der Waals surface area contributed by atoms with Gasteiger partial charge in [0.1, 0.15) is 12.2 Å². The zero-order valence-electron chi connectivity index (χ0n) is 26.5. The predicted octanol–water partition coefficient (Wildman–Crippen LogP) is 5.97. The number of benzene rings is 1. The van der Waals surface area contributed by atoms with Gasteiger partial charge >= 0.3 is 49.7 Å². The quantitative estimate of drug-likeness (QED) is 0.0915. The predicted molar refractivity (Wildman–Crippen MR) is 159 cm³/mol. The van der Waals surface area contributed by atoms with E-state index in [-0.39, 0.29) is 71.2 Å². The number of aliphatic carboxylic acids is 1. The summed E-state index contributed by atoms with van der Waals surface area (Å²) >= 11 is 0. The van der Waals surface area contributed by atoms with Crippen molar-refractivity contribution in [3.05, 3.63) is 35.9 Å². The number of unbranched alkanes of at least 4 members (excludes halogenated alkanes) is 1. The van der Waals surface area contributed by atoms with Crippen LogP contribution in [0.5, 0.6) is 0 Å². The zero-order valence-corrected chi connectivity index (χ0v) is 27.6. The van der Waals surface area contributed by atoms with Gasteiger partial charge in [0.05, 0.1) is 0 Å². The average molecular weight is 606 g/mol. The molecular formula is C30H48CaNO7P. The van der Waals surface area contributed by atoms with Gasteiger partial charge in [-0.15, -0.1) is 0 Å². The first-order valence-corrected chi connectivity index (χ1v) is 16.6. The maximum absolute atomic E-state index is 14.2. The first kappa shape index (κ1) is 35.3. The van der Waals surface area contributed by atoms with Crippen LogP contribution in [0.4, 0.5) is 0 Å². The molecule has 1 saturated heterocycles. The molecule has 2 aliphatic rings. The number of carboxylic acid groups (broad SMARTS) is 1. The van der Waals surface area contributed by atoms with Crippen LogP contribution in [0.2, 0.25) is 0 Å². The standard InChI is InChI=1S/C30H46NO7P.Ca.2H/c1-4-28(33)37-30(22(2)3)38-39(36,18-12-11-15-23-13-7-5-8-14-23)21-27(32)31-20-25(19-26(31)29(34)35)24-16-9-6-10-17-24;;;/h5,7-8,13-14,22,24-26,30H,4,6,9-12,15-21H2,1-3H3,(H,34,35);;;/q;+2;2*-1/t25-,26+,30?,39-;;;/m1.../s1. The summed E-state index contributed by atoms with van der Waals surface area (Å²) in [5, 5.41) is 9.92. The van der Waals surface area contributed by atoms with Crippen molar-refractivity contribution < 1.29 is 36.2 Å². The number of hydrogen-bond acceptors (Lipinski definition) is 6. The van der Waals surface area contributed by atoms with Crippen LogP contribution in [0.1, 0.15) is 87.0 Å². The van der Waals surface area contributed by atoms with Gasteiger partial charge in [-0.2, -0.15) is 0 Å². The molecule has 3 rings (SSSR count). The number of carbonyl (C=O) groups is 3. The number of carbonyl (C=O) groups excluding carboxylic acids is 2. The fourth-order valence-electron chi connectivity index (χ4n) is 5.80. The van der Waals surface area contributed by atoms with E-state index in [2.05, 4.69) is 0 Å². The van der Waals surface area contributed by atoms with Gasteiger partial charge in [0, 0.05) is 25.0 Å². The molecular weight excluding hydrogens is 557 g/mol. The Labute approximate surface area is 272 Å². The molecule has 0 spiro atoms. The normalized spacial score (nSPS) is 21.9. The van der Waals surface area contributed by atoms with Gasteiger partial charge in [-0.25, -0.2) is 4.79 Å². The molecule has 1 saturated carbocycles. The molecule has 4 atom stereocenters. The third-order valence-corrected chi connectivity index (χ3v) is 10.4. The zero-order chi connectivity index (χ0) is 28.4. The van der Waals surface area contributed by atoms with Crippen LogP contribution in [-0.4, -0.2) is 96.8 Å². The van der Waals surface area contributed by atoms with Gasteiger partial charge in [-0.1, -0.05) is 83.2 Å². The molecule has 1 aromatic rings. The Hall–Kier alpha value is -0.920. The number of carboxylic acids is 1. The van der Waals surface area contributed by atoms with Gasteiger partial charge in [0.15, 0.2) is 0 Å². The number of ether oxygens (including phenoxy) is 1. The van der Waals surface area contributed by atoms with Crippen molar-refractivity contribution in [2.24, 2.45) is 17.8 Å². The molecule has 0 bridgehead atoms. The van der Waals surface area contributed by atoms with E-state index in [4.69, 9.17) is 9.26 Å². The van der Waals surface area contributed by atoms with E-state index in [9.17, 15) is 24.1 Å². The Morgan fingerprint density at radius 3 is 2.35 bits per heavy atom. The van der Waals surface area contributed by atoms with Crippen molar-refractivity contribution in [3.8, 4) is 0 Å². The number of hydrogen-bond donors (Lipinski definition) is 1. The molecule has 1 N–H and O–H groups in total. The van der Waals surface area contributed by atoms with Crippen molar-refractivity contribution in [2.45, 2.75) is 97.3 Å². The van der Waals surface area contributed by atoms with Gasteiger partial charge < -0.3 is 17.6 Å². The maximum Gasteiger partial charge on any atom is 2.00 e. The second kappa shape index (κ2) is 17.3. The Morgan fingerprint density at radius 2 is 1.75 bits per heavy atom. The van der Waals surface area contributed by atoms with Crippen molar-refractivity contribution in [2.75, 3.05) is 18.9 Å². The summed E-state index contributed by atoms with van der Waals surface area (Å²) in [6, 6.07) is 9.10. The van der Waals surface area contributed by atoms with E-state index < -0.39 is 37.5 Å². The third-order valence-electron chi connectivity index (χ3n) is 8.07. The summed E-state index contributed by atoms with van der Waals surface area (Å²) in [5.41, 5.74) is 1.18. The molecule has 222 valence electrons. The number of aryl methyl sites for hydroxylation is 1. The summed E-state index contributed by atoms with van der Waals surface area (Å²) in [6.07, 6.45) is 7.12. The molecule has 1 amide bonds. The molecule has 2 fully saturated rings. The van der Waals surface area contributed by atoms with E-state index >= 15 is 0 Å². The first-order chi connectivity index (χ1) is 18.6. The molecule has 1 aromatic carbocycles. The van der Waals surface area contributed by atoms with E-state index in [1.807, 2.05) is 44.2 Å². The number of likely N-dealkylation sites (tertiary alicyclic amines) is 1. The molecule has 0 radical (unpaired) electrons. The fourth-order valence-corrected chi connectivity index (χ4v) is 8.10. The van der Waals surface area contributed by atoms with Crippen LogP contribution in [0.3, 0.4) is 0 Å². The second-order valence-electron chi connectivity index (χ2n) is 11.5. The summed E-state index contributed by atoms with van der Waals surface area (Å²) < 4.78 is 25.7. The molecule has 1 aliphatic heterocycles. The van der Waals surface area contributed by atoms with E-state index in [0.29, 0.717) is 25.3 Å². The summed E-state index contributed by atoms with van der Waals surface area (Å²) in [4.78, 5) is 39.2. The number of rotatable bonds is 14. The van der Waals surface area contributed by atoms with Crippen molar-refractivity contribution in [1.29, 1.82) is 0 Å². The fraction of sp³-hybridized carbons (Fsp3) is 0.700. The van der Waals surface area contributed by atoms with Crippen LogP contribution in [0.15, 0.2) is 30.3 Å². The summed E-state index contributed by atoms with van der Waals surface area (Å²) in [6.45, 7) is 5.68. The molecule has 1 unspecified atom stereocenters. The van der Waals surface area contributed by atoms with E-state index in [0.717, 1.165) is 38.5 Å². The van der Waals surface area contributed by atoms with Crippen molar-refractivity contribution >= 4 is 63.0 Å². The van der Waals surface area contributed by atoms with Crippen LogP contribution in [0, 0.1) is 17.8 Å². The molecule has 1 heterocycles. The number of amides is 1. The third kappa shape index (κ3) is 10.7. The Kier molecular flexibility index (Phi) is 15.2. The second-order valence-corrected chi connectivity index (χ2v) is 14.1. The minimum absolute atomic E-state index is 0. The molecule has 10 heteroatoms. The largest absolute Gasteiger partial charge is 2.00 e. The Morgan fingerprint density at radius 1 is 1.07 bits per heavy atom. The molecule has 1 aliphatic carbocycles. The van der Waals surface area contributed by atoms with Crippen LogP contribution in [-0.2, 0) is 34.6 Å². The van der Waals surface area contributed by atoms with Crippen LogP contribution >= 0.6 is 7.37 Å². The Balaban J connectivity index is 0.00000560. The molecule has 0 aromatic heterocycles. The minimum atomic E-state index is -3.60. The maximum atomic E-state index is 14.2. The summed E-state index contributed by atoms with van der Waals surface area (Å²) in [7, 11) is -3.60. The topological polar surface area (TPSA) is 110 Å². The van der Waals surface area contributed by atoms with Gasteiger partial charge in [0.25, 0.3) is 0 Å². The van der Waals surface area contributed by atoms with Gasteiger partial charge in [-0.3, -0.25) is 18.7 Å². The molecule has 40 heavy (non-hydrogen) atoms. The van der Waals surface area contributed by atoms with Crippen molar-refractivity contribution in [3.63, 3.8) is 0 Å². The van der Waals surface area contributed by atoms with E-state index in [1.54, 1.807) is 6.92 Å². The van der Waals surface area contributed by atoms with Gasteiger partial charge in [0.2, 0.25) is 19.6 Å².